The van der Waals surface area contributed by atoms with Gasteiger partial charge >= 0.3 is 11.4 Å². The van der Waals surface area contributed by atoms with Gasteiger partial charge in [0.1, 0.15) is 55.5 Å². The number of nitrogens with zero attached hydrogens (tertiary/aromatic N) is 14. The molecule has 0 aliphatic heterocycles. The number of hydrogen-bond donors (Lipinski definition) is 0. The summed E-state index contributed by atoms with van der Waals surface area (Å²) in [4.78, 5) is 94.1. The Morgan fingerprint density at radius 2 is 1.09 bits per heavy atom. The SMILES string of the molecule is COc1ccccc1[C@H](Cn1c(=O)n([C@H](C)C(=O)N(C)C(C)Cc2cnn(-c3sc4c(c3C)c(=O)n([C@@H](C)C(=O)N(C)C(C)C)c(=O)n4C[C@H](OCCC#N)c3ccccc3OC)n2)c(=O)c2c(C)c(-n3nccn3)sc21)OCCC#N. The van der Waals surface area contributed by atoms with Crippen LogP contribution in [-0.4, -0.2) is 123 Å². The molecular formula is C56H64N14O10S2. The maximum atomic E-state index is 15.0. The zero-order valence-corrected chi connectivity index (χ0v) is 49.1. The molecular weight excluding hydrogens is 1090 g/mol. The Labute approximate surface area is 479 Å². The molecule has 0 spiro atoms. The highest BCUT2D eigenvalue weighted by Crippen LogP contribution is 2.36. The fourth-order valence-electron chi connectivity index (χ4n) is 9.79. The summed E-state index contributed by atoms with van der Waals surface area (Å²) in [6.45, 7) is 11.7. The summed E-state index contributed by atoms with van der Waals surface area (Å²) in [5, 5.41) is 38.0. The van der Waals surface area contributed by atoms with Crippen LogP contribution in [0, 0.1) is 36.5 Å². The zero-order valence-electron chi connectivity index (χ0n) is 47.4. The van der Waals surface area contributed by atoms with Crippen molar-refractivity contribution < 1.29 is 28.5 Å². The van der Waals surface area contributed by atoms with Gasteiger partial charge in [-0.15, -0.1) is 9.59 Å². The van der Waals surface area contributed by atoms with Crippen LogP contribution in [0.5, 0.6) is 11.5 Å². The first-order chi connectivity index (χ1) is 39.3. The Balaban J connectivity index is 1.15. The minimum Gasteiger partial charge on any atom is -0.496 e. The zero-order chi connectivity index (χ0) is 59.3. The van der Waals surface area contributed by atoms with Crippen LogP contribution >= 0.6 is 22.7 Å². The number of rotatable bonds is 24. The van der Waals surface area contributed by atoms with E-state index in [-0.39, 0.29) is 67.2 Å². The number of fused-ring (bicyclic) bond motifs is 2. The third kappa shape index (κ3) is 11.5. The average molecular weight is 1160 g/mol. The molecule has 2 aromatic carbocycles. The molecule has 8 rings (SSSR count). The van der Waals surface area contributed by atoms with E-state index in [1.165, 1.54) is 75.2 Å². The van der Waals surface area contributed by atoms with Gasteiger partial charge in [0.15, 0.2) is 0 Å². The number of carbonyl (C=O) groups is 2. The first-order valence-corrected chi connectivity index (χ1v) is 28.0. The molecule has 2 amide bonds. The van der Waals surface area contributed by atoms with E-state index in [1.807, 2.05) is 13.8 Å². The molecule has 0 aliphatic carbocycles. The lowest BCUT2D eigenvalue weighted by molar-refractivity contribution is -0.135. The smallest absolute Gasteiger partial charge is 0.332 e. The molecule has 0 radical (unpaired) electrons. The molecule has 0 saturated carbocycles. The molecule has 0 aliphatic rings. The van der Waals surface area contributed by atoms with Gasteiger partial charge < -0.3 is 28.7 Å². The lowest BCUT2D eigenvalue weighted by Crippen LogP contribution is -2.48. The number of benzene rings is 2. The predicted octanol–water partition coefficient (Wildman–Crippen LogP) is 5.98. The first kappa shape index (κ1) is 59.6. The normalized spacial score (nSPS) is 13.4. The summed E-state index contributed by atoms with van der Waals surface area (Å²) in [6, 6.07) is 15.1. The summed E-state index contributed by atoms with van der Waals surface area (Å²) in [5.74, 6) is -0.0348. The van der Waals surface area contributed by atoms with Crippen LogP contribution in [-0.2, 0) is 38.6 Å². The number of amides is 2. The molecule has 24 nitrogen and oxygen atoms in total. The van der Waals surface area contributed by atoms with E-state index in [1.54, 1.807) is 83.4 Å². The Kier molecular flexibility index (Phi) is 18.5. The van der Waals surface area contributed by atoms with Gasteiger partial charge in [-0.1, -0.05) is 59.1 Å². The highest BCUT2D eigenvalue weighted by molar-refractivity contribution is 7.21. The fraction of sp³-hybridized carbons (Fsp3) is 0.429. The maximum absolute atomic E-state index is 15.0. The van der Waals surface area contributed by atoms with Crippen LogP contribution in [0.1, 0.15) is 99.7 Å². The maximum Gasteiger partial charge on any atom is 0.332 e. The number of para-hydroxylation sites is 2. The molecule has 0 N–H and O–H groups in total. The summed E-state index contributed by atoms with van der Waals surface area (Å²) >= 11 is 2.24. The van der Waals surface area contributed by atoms with E-state index < -0.39 is 64.6 Å². The molecule has 0 bridgehead atoms. The Morgan fingerprint density at radius 3 is 1.52 bits per heavy atom. The van der Waals surface area contributed by atoms with E-state index in [4.69, 9.17) is 24.0 Å². The van der Waals surface area contributed by atoms with E-state index in [2.05, 4.69) is 27.4 Å². The van der Waals surface area contributed by atoms with Gasteiger partial charge in [0.05, 0.1) is 101 Å². The van der Waals surface area contributed by atoms with Crippen molar-refractivity contribution in [1.82, 2.24) is 58.1 Å². The van der Waals surface area contributed by atoms with Gasteiger partial charge in [0, 0.05) is 54.9 Å². The van der Waals surface area contributed by atoms with E-state index in [9.17, 15) is 39.3 Å². The minimum absolute atomic E-state index is 0.0278. The quantitative estimate of drug-likeness (QED) is 0.0629. The standard InChI is InChI=1S/C56H64N14O10S2/c1-32(2)63(8)47(71)36(6)67-50(74)46-35(5)52(82-54(46)66(55(67)75)31-44(80-27-17-23-58)40-19-13-15-21-42(40)78-11)70-61-29-38(62-70)28-33(3)64(9)48(72)37(7)68-49(73)45-34(4)51(69-59-24-25-60-69)81-53(45)65(56(68)76)30-43(79-26-16-22-57)39-18-12-14-20-41(39)77-10/h12-15,18-21,24-25,29,32-33,36-37,43-44H,16-17,26-28,30-31H2,1-11H3/t33?,36-,37+,43-,44-/m0/s1. The number of carbonyl (C=O) groups excluding carboxylic acids is 2. The van der Waals surface area contributed by atoms with Gasteiger partial charge in [-0.2, -0.15) is 30.9 Å². The number of ether oxygens (including phenoxy) is 4. The largest absolute Gasteiger partial charge is 0.496 e. The number of methoxy groups -OCH3 is 2. The molecule has 0 saturated heterocycles. The summed E-state index contributed by atoms with van der Waals surface area (Å²) in [7, 11) is 6.20. The minimum atomic E-state index is -1.32. The van der Waals surface area contributed by atoms with Gasteiger partial charge in [-0.05, 0) is 60.6 Å². The molecule has 8 aromatic rings. The first-order valence-electron chi connectivity index (χ1n) is 26.4. The lowest BCUT2D eigenvalue weighted by atomic mass is 10.1. The third-order valence-corrected chi connectivity index (χ3v) is 17.2. The van der Waals surface area contributed by atoms with Crippen molar-refractivity contribution in [2.75, 3.05) is 41.5 Å². The topological polar surface area (TPSA) is 275 Å². The van der Waals surface area contributed by atoms with Crippen LogP contribution in [0.25, 0.3) is 30.4 Å². The number of aromatic nitrogens is 10. The number of hydrogen-bond acceptors (Lipinski definition) is 18. The Bertz CT molecular complexity index is 3990. The van der Waals surface area contributed by atoms with Gasteiger partial charge in [-0.3, -0.25) is 28.3 Å². The number of nitriles is 2. The average Bonchev–Trinajstić information content (AvgIpc) is 4.24. The van der Waals surface area contributed by atoms with Crippen molar-refractivity contribution in [2.45, 2.75) is 117 Å². The van der Waals surface area contributed by atoms with Gasteiger partial charge in [-0.25, -0.2) is 18.7 Å². The number of thiophene rings is 2. The highest BCUT2D eigenvalue weighted by Gasteiger charge is 2.33. The summed E-state index contributed by atoms with van der Waals surface area (Å²) in [5.41, 5.74) is -0.323. The van der Waals surface area contributed by atoms with E-state index in [0.29, 0.717) is 54.3 Å². The number of likely N-dealkylation sites (N-methyl/N-ethyl adjacent to an activating group) is 2. The number of aryl methyl sites for hydroxylation is 2. The van der Waals surface area contributed by atoms with Crippen LogP contribution in [0.3, 0.4) is 0 Å². The summed E-state index contributed by atoms with van der Waals surface area (Å²) in [6.07, 6.45) is 3.13. The van der Waals surface area contributed by atoms with Crippen molar-refractivity contribution in [3.63, 3.8) is 0 Å². The fourth-order valence-corrected chi connectivity index (χ4v) is 12.2. The van der Waals surface area contributed by atoms with Crippen molar-refractivity contribution >= 4 is 54.9 Å². The van der Waals surface area contributed by atoms with Gasteiger partial charge in [0.2, 0.25) is 11.8 Å². The van der Waals surface area contributed by atoms with Crippen LogP contribution in [0.4, 0.5) is 0 Å². The third-order valence-electron chi connectivity index (χ3n) is 14.6. The van der Waals surface area contributed by atoms with E-state index >= 15 is 0 Å². The Morgan fingerprint density at radius 1 is 0.646 bits per heavy atom. The van der Waals surface area contributed by atoms with Gasteiger partial charge in [0.25, 0.3) is 11.1 Å². The second kappa shape index (κ2) is 25.5. The monoisotopic (exact) mass is 1160 g/mol. The summed E-state index contributed by atoms with van der Waals surface area (Å²) < 4.78 is 28.6. The molecule has 26 heteroatoms. The van der Waals surface area contributed by atoms with Crippen LogP contribution < -0.4 is 32.0 Å². The van der Waals surface area contributed by atoms with Crippen molar-refractivity contribution in [2.24, 2.45) is 0 Å². The van der Waals surface area contributed by atoms with Crippen LogP contribution in [0.15, 0.2) is 86.3 Å². The molecule has 82 heavy (non-hydrogen) atoms. The molecule has 6 aromatic heterocycles. The molecule has 0 fully saturated rings. The van der Waals surface area contributed by atoms with E-state index in [0.717, 1.165) is 31.8 Å². The Hall–Kier alpha value is -8.56. The second-order valence-electron chi connectivity index (χ2n) is 19.9. The molecule has 430 valence electrons. The molecule has 5 atom stereocenters. The lowest BCUT2D eigenvalue weighted by Gasteiger charge is -2.28. The van der Waals surface area contributed by atoms with Crippen molar-refractivity contribution in [1.29, 1.82) is 10.5 Å². The van der Waals surface area contributed by atoms with Crippen molar-refractivity contribution in [3.05, 3.63) is 137 Å². The predicted molar refractivity (Wildman–Crippen MR) is 307 cm³/mol. The van der Waals surface area contributed by atoms with Crippen molar-refractivity contribution in [3.8, 4) is 33.6 Å². The van der Waals surface area contributed by atoms with Crippen LogP contribution in [0.2, 0.25) is 0 Å². The second-order valence-corrected chi connectivity index (χ2v) is 21.9. The molecule has 1 unspecified atom stereocenters. The molecule has 6 heterocycles. The highest BCUT2D eigenvalue weighted by atomic mass is 32.1.